The summed E-state index contributed by atoms with van der Waals surface area (Å²) in [6.45, 7) is 3.43. The van der Waals surface area contributed by atoms with Crippen molar-refractivity contribution in [3.8, 4) is 5.75 Å². The smallest absolute Gasteiger partial charge is 0.459 e. The van der Waals surface area contributed by atoms with Gasteiger partial charge in [-0.05, 0) is 41.1 Å². The number of esters is 1. The third-order valence-electron chi connectivity index (χ3n) is 6.66. The van der Waals surface area contributed by atoms with E-state index in [4.69, 9.17) is 18.5 Å². The average molecular weight is 693 g/mol. The second-order valence-electron chi connectivity index (χ2n) is 10.6. The number of benzene rings is 2. The Kier molecular flexibility index (Phi) is 11.9. The van der Waals surface area contributed by atoms with E-state index < -0.39 is 56.0 Å². The van der Waals surface area contributed by atoms with Crippen LogP contribution in [0, 0.1) is 5.92 Å². The van der Waals surface area contributed by atoms with E-state index in [-0.39, 0.29) is 36.7 Å². The number of para-hydroxylation sites is 1. The summed E-state index contributed by atoms with van der Waals surface area (Å²) in [4.78, 5) is 41.4. The van der Waals surface area contributed by atoms with Crippen molar-refractivity contribution in [3.05, 3.63) is 104 Å². The standard InChI is InChI=1S/C30H35BrN3O9P/c1-20(2)15-24(29(37)40-18-21-9-5-3-6-10-21)33-44(39,43-23-11-7-4-8-12-23)41-19-26-25(35)16-27(42-26)34-17-22(13-14-31)28(36)32-30(34)38/h3-14,17,20,24-27,35H,15-16,18-19H2,1-2H3,(H,33,39)(H,32,36,38)/b14-13+/t24-,25-,26+,27+,44?/m0/s1. The van der Waals surface area contributed by atoms with Gasteiger partial charge in [0.1, 0.15) is 30.7 Å². The lowest BCUT2D eigenvalue weighted by molar-refractivity contribution is -0.147. The second-order valence-corrected chi connectivity index (χ2v) is 12.8. The van der Waals surface area contributed by atoms with Gasteiger partial charge in [-0.1, -0.05) is 78.3 Å². The van der Waals surface area contributed by atoms with Gasteiger partial charge in [0.25, 0.3) is 5.56 Å². The number of hydrogen-bond donors (Lipinski definition) is 3. The van der Waals surface area contributed by atoms with Crippen molar-refractivity contribution in [2.24, 2.45) is 5.92 Å². The van der Waals surface area contributed by atoms with Gasteiger partial charge in [0.05, 0.1) is 18.3 Å². The lowest BCUT2D eigenvalue weighted by Crippen LogP contribution is -2.39. The molecular formula is C30H35BrN3O9P. The van der Waals surface area contributed by atoms with Gasteiger partial charge in [-0.3, -0.25) is 23.7 Å². The highest BCUT2D eigenvalue weighted by molar-refractivity contribution is 9.11. The number of nitrogens with one attached hydrogen (secondary N) is 2. The van der Waals surface area contributed by atoms with Crippen LogP contribution in [0.25, 0.3) is 6.08 Å². The zero-order valence-electron chi connectivity index (χ0n) is 24.2. The Morgan fingerprint density at radius 1 is 1.18 bits per heavy atom. The first kappa shape index (κ1) is 33.6. The number of ether oxygens (including phenoxy) is 2. The molecule has 1 aromatic heterocycles. The number of nitrogens with zero attached hydrogens (tertiary/aromatic N) is 1. The number of halogens is 1. The van der Waals surface area contributed by atoms with E-state index in [9.17, 15) is 24.1 Å². The minimum Gasteiger partial charge on any atom is -0.460 e. The van der Waals surface area contributed by atoms with Crippen LogP contribution in [-0.2, 0) is 30.0 Å². The predicted octanol–water partition coefficient (Wildman–Crippen LogP) is 4.50. The number of carbonyl (C=O) groups excluding carboxylic acids is 1. The van der Waals surface area contributed by atoms with Crippen LogP contribution in [0.2, 0.25) is 0 Å². The fraction of sp³-hybridized carbons (Fsp3) is 0.367. The Balaban J connectivity index is 1.51. The first-order chi connectivity index (χ1) is 21.1. The van der Waals surface area contributed by atoms with Gasteiger partial charge in [0.2, 0.25) is 0 Å². The Bertz CT molecular complexity index is 1580. The maximum Gasteiger partial charge on any atom is 0.459 e. The first-order valence-electron chi connectivity index (χ1n) is 14.0. The molecule has 1 unspecified atom stereocenters. The summed E-state index contributed by atoms with van der Waals surface area (Å²) in [5.41, 5.74) is -0.308. The summed E-state index contributed by atoms with van der Waals surface area (Å²) in [6, 6.07) is 16.4. The minimum atomic E-state index is -4.28. The third-order valence-corrected chi connectivity index (χ3v) is 8.49. The molecule has 236 valence electrons. The second kappa shape index (κ2) is 15.6. The molecule has 3 N–H and O–H groups in total. The maximum absolute atomic E-state index is 14.2. The van der Waals surface area contributed by atoms with Crippen molar-refractivity contribution in [3.63, 3.8) is 0 Å². The number of aromatic amines is 1. The molecule has 1 fully saturated rings. The summed E-state index contributed by atoms with van der Waals surface area (Å²) in [6.07, 6.45) is -0.0157. The van der Waals surface area contributed by atoms with Crippen LogP contribution < -0.4 is 20.9 Å². The number of hydrogen-bond acceptors (Lipinski definition) is 9. The molecule has 0 spiro atoms. The summed E-state index contributed by atoms with van der Waals surface area (Å²) >= 11 is 3.10. The first-order valence-corrected chi connectivity index (χ1v) is 16.5. The van der Waals surface area contributed by atoms with E-state index >= 15 is 0 Å². The summed E-state index contributed by atoms with van der Waals surface area (Å²) in [7, 11) is -4.28. The topological polar surface area (TPSA) is 158 Å². The van der Waals surface area contributed by atoms with E-state index in [1.807, 2.05) is 44.2 Å². The number of carbonyl (C=O) groups is 1. The van der Waals surface area contributed by atoms with Crippen molar-refractivity contribution < 1.29 is 33.0 Å². The zero-order valence-corrected chi connectivity index (χ0v) is 26.7. The fourth-order valence-corrected chi connectivity index (χ4v) is 6.31. The molecule has 3 aromatic rings. The lowest BCUT2D eigenvalue weighted by Gasteiger charge is -2.26. The van der Waals surface area contributed by atoms with Crippen molar-refractivity contribution in [2.45, 2.75) is 57.8 Å². The number of rotatable bonds is 14. The van der Waals surface area contributed by atoms with Gasteiger partial charge in [0, 0.05) is 12.6 Å². The molecule has 5 atom stereocenters. The van der Waals surface area contributed by atoms with Crippen molar-refractivity contribution >= 4 is 35.7 Å². The van der Waals surface area contributed by atoms with E-state index in [1.54, 1.807) is 30.3 Å². The molecule has 44 heavy (non-hydrogen) atoms. The Morgan fingerprint density at radius 2 is 1.86 bits per heavy atom. The molecule has 0 amide bonds. The summed E-state index contributed by atoms with van der Waals surface area (Å²) in [5.74, 6) is -0.393. The minimum absolute atomic E-state index is 0.00347. The molecule has 2 aromatic carbocycles. The summed E-state index contributed by atoms with van der Waals surface area (Å²) < 4.78 is 38.3. The Labute approximate surface area is 262 Å². The SMILES string of the molecule is CC(C)C[C@H](NP(=O)(OC[C@H]1O[C@@H](n2cc(/C=C/Br)c(=O)[nH]c2=O)C[C@@H]1O)Oc1ccccc1)C(=O)OCc1ccccc1. The van der Waals surface area contributed by atoms with Gasteiger partial charge in [0.15, 0.2) is 0 Å². The molecule has 1 aliphatic rings. The Hall–Kier alpha value is -3.32. The van der Waals surface area contributed by atoms with Gasteiger partial charge < -0.3 is 19.1 Å². The van der Waals surface area contributed by atoms with E-state index in [0.29, 0.717) is 0 Å². The monoisotopic (exact) mass is 691 g/mol. The highest BCUT2D eigenvalue weighted by atomic mass is 79.9. The normalized spacial score (nSPS) is 20.4. The third kappa shape index (κ3) is 9.34. The van der Waals surface area contributed by atoms with Gasteiger partial charge in [-0.2, -0.15) is 5.09 Å². The molecule has 1 saturated heterocycles. The predicted molar refractivity (Wildman–Crippen MR) is 167 cm³/mol. The number of aromatic nitrogens is 2. The van der Waals surface area contributed by atoms with Crippen LogP contribution >= 0.6 is 23.7 Å². The van der Waals surface area contributed by atoms with Crippen molar-refractivity contribution in [2.75, 3.05) is 6.61 Å². The fourth-order valence-electron chi connectivity index (χ4n) is 4.51. The highest BCUT2D eigenvalue weighted by Crippen LogP contribution is 2.46. The molecule has 14 heteroatoms. The number of aliphatic hydroxyl groups is 1. The van der Waals surface area contributed by atoms with Crippen LogP contribution in [-0.4, -0.2) is 45.5 Å². The maximum atomic E-state index is 14.2. The van der Waals surface area contributed by atoms with E-state index in [0.717, 1.165) is 10.1 Å². The largest absolute Gasteiger partial charge is 0.460 e. The quantitative estimate of drug-likeness (QED) is 0.162. The molecule has 1 aliphatic heterocycles. The van der Waals surface area contributed by atoms with E-state index in [2.05, 4.69) is 26.0 Å². The molecule has 2 heterocycles. The molecule has 0 radical (unpaired) electrons. The summed E-state index contributed by atoms with van der Waals surface area (Å²) in [5, 5.41) is 13.5. The van der Waals surface area contributed by atoms with Crippen molar-refractivity contribution in [1.29, 1.82) is 0 Å². The van der Waals surface area contributed by atoms with Crippen LogP contribution in [0.1, 0.15) is 44.0 Å². The van der Waals surface area contributed by atoms with Crippen molar-refractivity contribution in [1.82, 2.24) is 14.6 Å². The van der Waals surface area contributed by atoms with Crippen LogP contribution in [0.4, 0.5) is 0 Å². The van der Waals surface area contributed by atoms with Crippen LogP contribution in [0.15, 0.2) is 81.4 Å². The van der Waals surface area contributed by atoms with Gasteiger partial charge in [-0.25, -0.2) is 9.36 Å². The van der Waals surface area contributed by atoms with Crippen LogP contribution in [0.5, 0.6) is 5.75 Å². The lowest BCUT2D eigenvalue weighted by atomic mass is 10.1. The van der Waals surface area contributed by atoms with E-state index in [1.165, 1.54) is 17.3 Å². The molecular weight excluding hydrogens is 657 g/mol. The Morgan fingerprint density at radius 3 is 2.52 bits per heavy atom. The van der Waals surface area contributed by atoms with Gasteiger partial charge >= 0.3 is 19.4 Å². The van der Waals surface area contributed by atoms with Crippen LogP contribution in [0.3, 0.4) is 0 Å². The molecule has 4 rings (SSSR count). The number of aliphatic hydroxyl groups excluding tert-OH is 1. The zero-order chi connectivity index (χ0) is 31.7. The highest BCUT2D eigenvalue weighted by Gasteiger charge is 2.40. The van der Waals surface area contributed by atoms with Gasteiger partial charge in [-0.15, -0.1) is 0 Å². The number of H-pyrrole nitrogens is 1. The molecule has 12 nitrogen and oxygen atoms in total. The molecule has 0 saturated carbocycles. The molecule has 0 bridgehead atoms. The molecule has 0 aliphatic carbocycles. The average Bonchev–Trinajstić information content (AvgIpc) is 3.36.